The van der Waals surface area contributed by atoms with Gasteiger partial charge >= 0.3 is 0 Å². The van der Waals surface area contributed by atoms with E-state index in [1.807, 2.05) is 18.2 Å². The maximum Gasteiger partial charge on any atom is 0.194 e. The lowest BCUT2D eigenvalue weighted by atomic mass is 9.97. The van der Waals surface area contributed by atoms with Crippen LogP contribution in [0.25, 0.3) is 16.6 Å². The van der Waals surface area contributed by atoms with Crippen LogP contribution in [0.15, 0.2) is 109 Å². The lowest BCUT2D eigenvalue weighted by molar-refractivity contribution is 0.733. The molecule has 0 aliphatic heterocycles. The van der Waals surface area contributed by atoms with Crippen LogP contribution in [0.1, 0.15) is 42.9 Å². The maximum absolute atomic E-state index is 7.70. The van der Waals surface area contributed by atoms with Gasteiger partial charge in [0.1, 0.15) is 0 Å². The molecule has 0 amide bonds. The Morgan fingerprint density at radius 1 is 0.758 bits per heavy atom. The van der Waals surface area contributed by atoms with Crippen molar-refractivity contribution in [3.8, 4) is 0 Å². The first-order chi connectivity index (χ1) is 16.2. The van der Waals surface area contributed by atoms with Crippen molar-refractivity contribution in [2.75, 3.05) is 4.90 Å². The highest BCUT2D eigenvalue weighted by Crippen LogP contribution is 2.34. The molecule has 2 nitrogen and oxygen atoms in total. The van der Waals surface area contributed by atoms with E-state index in [0.29, 0.717) is 11.6 Å². The van der Waals surface area contributed by atoms with E-state index < -0.39 is 0 Å². The summed E-state index contributed by atoms with van der Waals surface area (Å²) in [6.45, 7) is 12.1. The molecule has 0 saturated carbocycles. The van der Waals surface area contributed by atoms with E-state index in [9.17, 15) is 0 Å². The van der Waals surface area contributed by atoms with Gasteiger partial charge < -0.3 is 4.90 Å². The van der Waals surface area contributed by atoms with Crippen LogP contribution in [0.2, 0.25) is 0 Å². The summed E-state index contributed by atoms with van der Waals surface area (Å²) in [4.78, 5) is 6.03. The molecule has 0 bridgehead atoms. The molecule has 33 heavy (non-hydrogen) atoms. The average molecular weight is 429 g/mol. The van der Waals surface area contributed by atoms with Crippen molar-refractivity contribution in [2.45, 2.75) is 26.2 Å². The topological polar surface area (TPSA) is 7.60 Å². The Bertz CT molecular complexity index is 1190. The molecular weight excluding hydrogens is 400 g/mol. The molecule has 0 spiro atoms. The van der Waals surface area contributed by atoms with Gasteiger partial charge in [0.05, 0.1) is 6.57 Å². The number of benzene rings is 4. The first kappa shape index (κ1) is 22.1. The van der Waals surface area contributed by atoms with Gasteiger partial charge in [-0.15, -0.1) is 0 Å². The summed E-state index contributed by atoms with van der Waals surface area (Å²) in [5.41, 5.74) is 7.23. The quantitative estimate of drug-likeness (QED) is 0.210. The Hall–Kier alpha value is -4.09. The fraction of sp³-hybridized carbons (Fsp3) is 0.129. The standard InChI is InChI=1S/C31H28N2/c1-4-24(2)26-17-19-27(20-18-26)31(32-3)23-25-15-21-30(22-16-25)33(28-11-7-5-8-12-28)29-13-9-6-10-14-29/h5-24H,4H2,1-2H3/b31-23-. The molecule has 4 aromatic carbocycles. The molecule has 2 heteroatoms. The predicted molar refractivity (Wildman–Crippen MR) is 141 cm³/mol. The van der Waals surface area contributed by atoms with Crippen molar-refractivity contribution in [1.82, 2.24) is 0 Å². The largest absolute Gasteiger partial charge is 0.311 e. The van der Waals surface area contributed by atoms with E-state index in [-0.39, 0.29) is 0 Å². The van der Waals surface area contributed by atoms with Gasteiger partial charge in [0, 0.05) is 17.1 Å². The number of nitrogens with zero attached hydrogens (tertiary/aromatic N) is 2. The van der Waals surface area contributed by atoms with Crippen molar-refractivity contribution in [1.29, 1.82) is 0 Å². The van der Waals surface area contributed by atoms with Gasteiger partial charge in [0.2, 0.25) is 0 Å². The third kappa shape index (κ3) is 5.22. The number of rotatable bonds is 7. The Balaban J connectivity index is 1.63. The Morgan fingerprint density at radius 2 is 1.27 bits per heavy atom. The molecule has 162 valence electrons. The summed E-state index contributed by atoms with van der Waals surface area (Å²) < 4.78 is 0. The van der Waals surface area contributed by atoms with Crippen LogP contribution in [0.3, 0.4) is 0 Å². The lowest BCUT2D eigenvalue weighted by Gasteiger charge is -2.25. The van der Waals surface area contributed by atoms with Gasteiger partial charge in [-0.1, -0.05) is 86.6 Å². The summed E-state index contributed by atoms with van der Waals surface area (Å²) in [5.74, 6) is 0.532. The molecule has 0 aliphatic carbocycles. The fourth-order valence-electron chi connectivity index (χ4n) is 3.88. The Kier molecular flexibility index (Phi) is 7.03. The van der Waals surface area contributed by atoms with Crippen molar-refractivity contribution in [3.63, 3.8) is 0 Å². The van der Waals surface area contributed by atoms with Crippen molar-refractivity contribution >= 4 is 28.8 Å². The zero-order valence-electron chi connectivity index (χ0n) is 19.1. The minimum absolute atomic E-state index is 0.532. The van der Waals surface area contributed by atoms with Crippen LogP contribution < -0.4 is 4.90 Å². The lowest BCUT2D eigenvalue weighted by Crippen LogP contribution is -2.09. The minimum atomic E-state index is 0.532. The smallest absolute Gasteiger partial charge is 0.194 e. The minimum Gasteiger partial charge on any atom is -0.311 e. The van der Waals surface area contributed by atoms with Crippen molar-refractivity contribution in [3.05, 3.63) is 137 Å². The van der Waals surface area contributed by atoms with E-state index in [4.69, 9.17) is 6.57 Å². The highest BCUT2D eigenvalue weighted by atomic mass is 15.1. The van der Waals surface area contributed by atoms with Crippen molar-refractivity contribution < 1.29 is 0 Å². The third-order valence-corrected chi connectivity index (χ3v) is 5.99. The summed E-state index contributed by atoms with van der Waals surface area (Å²) in [6.07, 6.45) is 3.07. The third-order valence-electron chi connectivity index (χ3n) is 5.99. The van der Waals surface area contributed by atoms with Gasteiger partial charge in [0.15, 0.2) is 5.70 Å². The monoisotopic (exact) mass is 428 g/mol. The Morgan fingerprint density at radius 3 is 1.76 bits per heavy atom. The van der Waals surface area contributed by atoms with E-state index >= 15 is 0 Å². The van der Waals surface area contributed by atoms with Crippen LogP contribution in [0.5, 0.6) is 0 Å². The first-order valence-corrected chi connectivity index (χ1v) is 11.4. The van der Waals surface area contributed by atoms with Gasteiger partial charge in [-0.3, -0.25) is 0 Å². The van der Waals surface area contributed by atoms with Crippen LogP contribution in [-0.2, 0) is 0 Å². The van der Waals surface area contributed by atoms with Crippen LogP contribution in [-0.4, -0.2) is 0 Å². The number of hydrogen-bond acceptors (Lipinski definition) is 1. The molecule has 4 rings (SSSR count). The van der Waals surface area contributed by atoms with Crippen LogP contribution in [0.4, 0.5) is 17.1 Å². The van der Waals surface area contributed by atoms with Gasteiger partial charge in [-0.2, -0.15) is 0 Å². The SMILES string of the molecule is [C-]#[N+]/C(=C\c1ccc(N(c2ccccc2)c2ccccc2)cc1)c1ccc(C(C)CC)cc1. The molecule has 0 radical (unpaired) electrons. The van der Waals surface area contributed by atoms with Gasteiger partial charge in [0.25, 0.3) is 0 Å². The molecule has 0 heterocycles. The normalized spacial score (nSPS) is 12.1. The first-order valence-electron chi connectivity index (χ1n) is 11.4. The Labute approximate surface area is 197 Å². The van der Waals surface area contributed by atoms with E-state index in [0.717, 1.165) is 34.6 Å². The second-order valence-electron chi connectivity index (χ2n) is 8.17. The number of para-hydroxylation sites is 2. The van der Waals surface area contributed by atoms with Gasteiger partial charge in [-0.25, -0.2) is 4.85 Å². The molecule has 0 aromatic heterocycles. The molecule has 4 aromatic rings. The summed E-state index contributed by atoms with van der Waals surface area (Å²) in [5, 5.41) is 0. The molecule has 1 atom stereocenters. The number of hydrogen-bond donors (Lipinski definition) is 0. The van der Waals surface area contributed by atoms with Crippen molar-refractivity contribution in [2.24, 2.45) is 0 Å². The highest BCUT2D eigenvalue weighted by molar-refractivity contribution is 5.86. The molecule has 0 fully saturated rings. The van der Waals surface area contributed by atoms with E-state index in [1.165, 1.54) is 5.56 Å². The fourth-order valence-corrected chi connectivity index (χ4v) is 3.88. The molecule has 0 saturated heterocycles. The maximum atomic E-state index is 7.70. The van der Waals surface area contributed by atoms with Gasteiger partial charge in [-0.05, 0) is 71.5 Å². The summed E-state index contributed by atoms with van der Waals surface area (Å²) in [6, 6.07) is 37.5. The molecule has 0 aliphatic rings. The average Bonchev–Trinajstić information content (AvgIpc) is 2.89. The summed E-state index contributed by atoms with van der Waals surface area (Å²) in [7, 11) is 0. The second-order valence-corrected chi connectivity index (χ2v) is 8.17. The second kappa shape index (κ2) is 10.5. The van der Waals surface area contributed by atoms with Crippen LogP contribution >= 0.6 is 0 Å². The molecule has 1 unspecified atom stereocenters. The predicted octanol–water partition coefficient (Wildman–Crippen LogP) is 9.09. The zero-order chi connectivity index (χ0) is 23.0. The van der Waals surface area contributed by atoms with E-state index in [1.54, 1.807) is 0 Å². The summed E-state index contributed by atoms with van der Waals surface area (Å²) >= 11 is 0. The molecular formula is C31H28N2. The highest BCUT2D eigenvalue weighted by Gasteiger charge is 2.12. The zero-order valence-corrected chi connectivity index (χ0v) is 19.1. The molecule has 0 N–H and O–H groups in total. The van der Waals surface area contributed by atoms with Crippen LogP contribution in [0, 0.1) is 6.57 Å². The van der Waals surface area contributed by atoms with E-state index in [2.05, 4.69) is 121 Å². The number of anilines is 3.